The number of likely N-dealkylation sites (tertiary alicyclic amines) is 1. The minimum absolute atomic E-state index is 0.143. The molecular formula is C12H24N2O. The Hall–Kier alpha value is -0.120. The third-order valence-corrected chi connectivity index (χ3v) is 4.51. The van der Waals surface area contributed by atoms with Crippen LogP contribution in [0.25, 0.3) is 0 Å². The lowest BCUT2D eigenvalue weighted by molar-refractivity contribution is 0.0251. The molecule has 0 spiro atoms. The first-order chi connectivity index (χ1) is 7.23. The van der Waals surface area contributed by atoms with Crippen molar-refractivity contribution >= 4 is 0 Å². The molecular weight excluding hydrogens is 188 g/mol. The van der Waals surface area contributed by atoms with Crippen LogP contribution in [0.4, 0.5) is 0 Å². The van der Waals surface area contributed by atoms with Crippen molar-refractivity contribution in [3.63, 3.8) is 0 Å². The van der Waals surface area contributed by atoms with Gasteiger partial charge < -0.3 is 10.5 Å². The molecule has 15 heavy (non-hydrogen) atoms. The monoisotopic (exact) mass is 212 g/mol. The van der Waals surface area contributed by atoms with E-state index in [1.165, 1.54) is 25.9 Å². The maximum absolute atomic E-state index is 6.00. The standard InChI is InChI=1S/C12H24N2O/c1-3-11-4-6-14(8-11)12(9-13)5-7-15-10(12)2/h10-11H,3-9,13H2,1-2H3. The van der Waals surface area contributed by atoms with Gasteiger partial charge in [-0.1, -0.05) is 13.3 Å². The van der Waals surface area contributed by atoms with E-state index in [2.05, 4.69) is 18.7 Å². The average molecular weight is 212 g/mol. The summed E-state index contributed by atoms with van der Waals surface area (Å²) in [6.45, 7) is 8.53. The van der Waals surface area contributed by atoms with E-state index in [1.54, 1.807) is 0 Å². The molecule has 0 amide bonds. The first-order valence-electron chi connectivity index (χ1n) is 6.29. The van der Waals surface area contributed by atoms with Crippen molar-refractivity contribution < 1.29 is 4.74 Å². The topological polar surface area (TPSA) is 38.5 Å². The highest BCUT2D eigenvalue weighted by Gasteiger charge is 2.47. The van der Waals surface area contributed by atoms with Gasteiger partial charge in [-0.3, -0.25) is 4.90 Å². The molecule has 3 heteroatoms. The molecule has 0 aliphatic carbocycles. The minimum atomic E-state index is 0.143. The number of hydrogen-bond donors (Lipinski definition) is 1. The summed E-state index contributed by atoms with van der Waals surface area (Å²) in [6, 6.07) is 0. The molecule has 2 fully saturated rings. The van der Waals surface area contributed by atoms with Crippen LogP contribution in [-0.2, 0) is 4.74 Å². The van der Waals surface area contributed by atoms with Gasteiger partial charge in [0.2, 0.25) is 0 Å². The SMILES string of the molecule is CCC1CCN(C2(CN)CCOC2C)C1. The van der Waals surface area contributed by atoms with Crippen LogP contribution in [0.15, 0.2) is 0 Å². The molecule has 2 heterocycles. The van der Waals surface area contributed by atoms with E-state index in [4.69, 9.17) is 10.5 Å². The van der Waals surface area contributed by atoms with Gasteiger partial charge in [0.05, 0.1) is 11.6 Å². The molecule has 0 saturated carbocycles. The van der Waals surface area contributed by atoms with Crippen LogP contribution in [0.2, 0.25) is 0 Å². The zero-order chi connectivity index (χ0) is 10.9. The Morgan fingerprint density at radius 2 is 2.33 bits per heavy atom. The Morgan fingerprint density at radius 1 is 1.53 bits per heavy atom. The Labute approximate surface area is 93.0 Å². The maximum atomic E-state index is 6.00. The lowest BCUT2D eigenvalue weighted by Gasteiger charge is -2.40. The molecule has 0 radical (unpaired) electrons. The normalized spacial score (nSPS) is 42.6. The van der Waals surface area contributed by atoms with E-state index in [-0.39, 0.29) is 5.54 Å². The van der Waals surface area contributed by atoms with Gasteiger partial charge in [0, 0.05) is 19.7 Å². The Balaban J connectivity index is 2.07. The molecule has 88 valence electrons. The predicted molar refractivity (Wildman–Crippen MR) is 61.8 cm³/mol. The molecule has 0 aromatic rings. The fourth-order valence-corrected chi connectivity index (χ4v) is 3.15. The quantitative estimate of drug-likeness (QED) is 0.764. The zero-order valence-electron chi connectivity index (χ0n) is 10.0. The van der Waals surface area contributed by atoms with Gasteiger partial charge in [-0.2, -0.15) is 0 Å². The second-order valence-corrected chi connectivity index (χ2v) is 5.08. The number of hydrogen-bond acceptors (Lipinski definition) is 3. The maximum Gasteiger partial charge on any atom is 0.0743 e. The molecule has 0 bridgehead atoms. The molecule has 0 aromatic carbocycles. The molecule has 3 unspecified atom stereocenters. The lowest BCUT2D eigenvalue weighted by atomic mass is 9.90. The van der Waals surface area contributed by atoms with Crippen LogP contribution < -0.4 is 5.73 Å². The first kappa shape index (κ1) is 11.4. The fraction of sp³-hybridized carbons (Fsp3) is 1.00. The summed E-state index contributed by atoms with van der Waals surface area (Å²) in [5, 5.41) is 0. The third-order valence-electron chi connectivity index (χ3n) is 4.51. The smallest absolute Gasteiger partial charge is 0.0743 e. The van der Waals surface area contributed by atoms with Gasteiger partial charge in [-0.15, -0.1) is 0 Å². The summed E-state index contributed by atoms with van der Waals surface area (Å²) in [6.07, 6.45) is 4.05. The summed E-state index contributed by atoms with van der Waals surface area (Å²) in [7, 11) is 0. The molecule has 2 rings (SSSR count). The first-order valence-corrected chi connectivity index (χ1v) is 6.29. The van der Waals surface area contributed by atoms with Crippen LogP contribution in [0, 0.1) is 5.92 Å². The largest absolute Gasteiger partial charge is 0.376 e. The van der Waals surface area contributed by atoms with E-state index in [1.807, 2.05) is 0 Å². The van der Waals surface area contributed by atoms with Crippen molar-refractivity contribution in [2.45, 2.75) is 44.8 Å². The highest BCUT2D eigenvalue weighted by molar-refractivity contribution is 5.02. The molecule has 0 aromatic heterocycles. The van der Waals surface area contributed by atoms with Gasteiger partial charge in [-0.05, 0) is 32.2 Å². The van der Waals surface area contributed by atoms with Gasteiger partial charge in [-0.25, -0.2) is 0 Å². The van der Waals surface area contributed by atoms with Crippen LogP contribution in [0.1, 0.15) is 33.1 Å². The summed E-state index contributed by atoms with van der Waals surface area (Å²) in [4.78, 5) is 2.60. The molecule has 2 aliphatic heterocycles. The van der Waals surface area contributed by atoms with Crippen LogP contribution in [0.5, 0.6) is 0 Å². The van der Waals surface area contributed by atoms with Crippen molar-refractivity contribution in [2.75, 3.05) is 26.2 Å². The van der Waals surface area contributed by atoms with Crippen molar-refractivity contribution in [2.24, 2.45) is 11.7 Å². The second-order valence-electron chi connectivity index (χ2n) is 5.08. The second kappa shape index (κ2) is 4.40. The van der Waals surface area contributed by atoms with Crippen molar-refractivity contribution in [1.29, 1.82) is 0 Å². The van der Waals surface area contributed by atoms with E-state index < -0.39 is 0 Å². The lowest BCUT2D eigenvalue weighted by Crippen LogP contribution is -2.57. The number of rotatable bonds is 3. The van der Waals surface area contributed by atoms with E-state index >= 15 is 0 Å². The van der Waals surface area contributed by atoms with Crippen LogP contribution >= 0.6 is 0 Å². The molecule has 2 N–H and O–H groups in total. The van der Waals surface area contributed by atoms with E-state index in [0.29, 0.717) is 6.10 Å². The summed E-state index contributed by atoms with van der Waals surface area (Å²) in [5.41, 5.74) is 6.15. The number of nitrogens with zero attached hydrogens (tertiary/aromatic N) is 1. The van der Waals surface area contributed by atoms with Gasteiger partial charge in [0.25, 0.3) is 0 Å². The van der Waals surface area contributed by atoms with Gasteiger partial charge in [0.1, 0.15) is 0 Å². The van der Waals surface area contributed by atoms with Crippen LogP contribution in [-0.4, -0.2) is 42.8 Å². The Kier molecular flexibility index (Phi) is 3.33. The molecule has 3 atom stereocenters. The summed E-state index contributed by atoms with van der Waals surface area (Å²) in [5.74, 6) is 0.876. The highest BCUT2D eigenvalue weighted by atomic mass is 16.5. The summed E-state index contributed by atoms with van der Waals surface area (Å²) >= 11 is 0. The molecule has 2 saturated heterocycles. The Bertz CT molecular complexity index is 222. The fourth-order valence-electron chi connectivity index (χ4n) is 3.15. The van der Waals surface area contributed by atoms with Gasteiger partial charge in [0.15, 0.2) is 0 Å². The molecule has 2 aliphatic rings. The van der Waals surface area contributed by atoms with Crippen molar-refractivity contribution in [3.05, 3.63) is 0 Å². The van der Waals surface area contributed by atoms with E-state index in [0.717, 1.165) is 25.5 Å². The third kappa shape index (κ3) is 1.81. The highest BCUT2D eigenvalue weighted by Crippen LogP contribution is 2.35. The van der Waals surface area contributed by atoms with Crippen molar-refractivity contribution in [1.82, 2.24) is 4.90 Å². The summed E-state index contributed by atoms with van der Waals surface area (Å²) < 4.78 is 5.72. The zero-order valence-corrected chi connectivity index (χ0v) is 10.0. The minimum Gasteiger partial charge on any atom is -0.376 e. The van der Waals surface area contributed by atoms with Crippen molar-refractivity contribution in [3.8, 4) is 0 Å². The average Bonchev–Trinajstić information content (AvgIpc) is 2.84. The predicted octanol–water partition coefficient (Wildman–Crippen LogP) is 1.22. The van der Waals surface area contributed by atoms with Crippen LogP contribution in [0.3, 0.4) is 0 Å². The number of ether oxygens (including phenoxy) is 1. The van der Waals surface area contributed by atoms with E-state index in [9.17, 15) is 0 Å². The molecule has 3 nitrogen and oxygen atoms in total. The number of nitrogens with two attached hydrogens (primary N) is 1. The van der Waals surface area contributed by atoms with Gasteiger partial charge >= 0.3 is 0 Å². The Morgan fingerprint density at radius 3 is 2.80 bits per heavy atom.